The van der Waals surface area contributed by atoms with Gasteiger partial charge in [-0.2, -0.15) is 5.26 Å². The Hall–Kier alpha value is -2.91. The Labute approximate surface area is 194 Å². The van der Waals surface area contributed by atoms with E-state index in [0.29, 0.717) is 56.5 Å². The molecule has 156 valence electrons. The normalized spacial score (nSPS) is 10.8. The number of hydrogen-bond acceptors (Lipinski definition) is 5. The number of alkyl halides is 1. The van der Waals surface area contributed by atoms with Crippen molar-refractivity contribution in [2.24, 2.45) is 0 Å². The van der Waals surface area contributed by atoms with Gasteiger partial charge in [0.15, 0.2) is 11.5 Å². The summed E-state index contributed by atoms with van der Waals surface area (Å²) >= 11 is 18.1. The molecule has 0 spiro atoms. The molecule has 4 aromatic rings. The van der Waals surface area contributed by atoms with Crippen LogP contribution in [0.5, 0.6) is 11.5 Å². The van der Waals surface area contributed by atoms with E-state index in [4.69, 9.17) is 44.3 Å². The molecule has 0 bridgehead atoms. The van der Waals surface area contributed by atoms with E-state index in [2.05, 4.69) is 16.4 Å². The minimum atomic E-state index is 0.372. The van der Waals surface area contributed by atoms with Gasteiger partial charge in [-0.05, 0) is 53.2 Å². The minimum absolute atomic E-state index is 0.372. The van der Waals surface area contributed by atoms with Crippen molar-refractivity contribution in [3.05, 3.63) is 64.3 Å². The molecule has 0 saturated heterocycles. The Morgan fingerprint density at radius 2 is 1.84 bits per heavy atom. The van der Waals surface area contributed by atoms with Crippen LogP contribution in [0.25, 0.3) is 21.7 Å². The molecule has 1 aromatic heterocycles. The van der Waals surface area contributed by atoms with E-state index in [9.17, 15) is 5.26 Å². The summed E-state index contributed by atoms with van der Waals surface area (Å²) in [5.74, 6) is 1.58. The molecule has 0 saturated carbocycles. The van der Waals surface area contributed by atoms with Crippen LogP contribution in [-0.4, -0.2) is 24.6 Å². The van der Waals surface area contributed by atoms with E-state index in [1.54, 1.807) is 25.3 Å². The van der Waals surface area contributed by atoms with Crippen molar-refractivity contribution < 1.29 is 9.47 Å². The van der Waals surface area contributed by atoms with Crippen molar-refractivity contribution >= 4 is 67.9 Å². The number of benzene rings is 3. The van der Waals surface area contributed by atoms with Gasteiger partial charge in [0.25, 0.3) is 0 Å². The molecule has 0 unspecified atom stereocenters. The average Bonchev–Trinajstić information content (AvgIpc) is 2.77. The van der Waals surface area contributed by atoms with Gasteiger partial charge in [0, 0.05) is 16.6 Å². The molecule has 0 aliphatic carbocycles. The molecule has 4 rings (SSSR count). The van der Waals surface area contributed by atoms with Crippen molar-refractivity contribution in [1.29, 1.82) is 5.26 Å². The van der Waals surface area contributed by atoms with E-state index < -0.39 is 0 Å². The number of methoxy groups -OCH3 is 1. The molecule has 1 N–H and O–H groups in total. The van der Waals surface area contributed by atoms with Crippen LogP contribution in [0.15, 0.2) is 48.7 Å². The maximum absolute atomic E-state index is 9.65. The van der Waals surface area contributed by atoms with Gasteiger partial charge in [-0.15, -0.1) is 11.6 Å². The summed E-state index contributed by atoms with van der Waals surface area (Å²) in [5.41, 5.74) is 2.36. The first-order chi connectivity index (χ1) is 15.0. The maximum atomic E-state index is 9.65. The van der Waals surface area contributed by atoms with Gasteiger partial charge in [-0.25, -0.2) is 0 Å². The number of nitrogens with one attached hydrogen (secondary N) is 1. The number of nitriles is 1. The van der Waals surface area contributed by atoms with Gasteiger partial charge in [-0.3, -0.25) is 4.98 Å². The third kappa shape index (κ3) is 4.28. The van der Waals surface area contributed by atoms with Crippen molar-refractivity contribution in [3.8, 4) is 17.6 Å². The van der Waals surface area contributed by atoms with Crippen LogP contribution in [0, 0.1) is 11.3 Å². The molecule has 0 aliphatic heterocycles. The summed E-state index contributed by atoms with van der Waals surface area (Å²) in [6.07, 6.45) is 1.54. The van der Waals surface area contributed by atoms with E-state index in [1.807, 2.05) is 24.3 Å². The zero-order valence-corrected chi connectivity index (χ0v) is 18.6. The van der Waals surface area contributed by atoms with Crippen molar-refractivity contribution in [3.63, 3.8) is 0 Å². The molecule has 0 radical (unpaired) electrons. The Morgan fingerprint density at radius 3 is 2.55 bits per heavy atom. The fourth-order valence-electron chi connectivity index (χ4n) is 3.31. The van der Waals surface area contributed by atoms with Gasteiger partial charge in [0.05, 0.1) is 40.5 Å². The summed E-state index contributed by atoms with van der Waals surface area (Å²) in [7, 11) is 1.58. The molecule has 8 heteroatoms. The first-order valence-corrected chi connectivity index (χ1v) is 10.6. The summed E-state index contributed by atoms with van der Waals surface area (Å²) in [6.45, 7) is 0.372. The van der Waals surface area contributed by atoms with Crippen LogP contribution in [0.3, 0.4) is 0 Å². The summed E-state index contributed by atoms with van der Waals surface area (Å²) in [5, 5.41) is 16.5. The maximum Gasteiger partial charge on any atom is 0.161 e. The number of rotatable bonds is 6. The molecular weight excluding hydrogens is 457 g/mol. The number of fused-ring (bicyclic) bond motifs is 2. The molecule has 0 amide bonds. The zero-order chi connectivity index (χ0) is 22.0. The van der Waals surface area contributed by atoms with E-state index >= 15 is 0 Å². The monoisotopic (exact) mass is 471 g/mol. The molecule has 0 atom stereocenters. The lowest BCUT2D eigenvalue weighted by molar-refractivity contribution is 0.313. The number of pyridine rings is 1. The van der Waals surface area contributed by atoms with Gasteiger partial charge >= 0.3 is 0 Å². The number of nitrogens with zero attached hydrogens (tertiary/aromatic N) is 2. The zero-order valence-electron chi connectivity index (χ0n) is 16.4. The third-order valence-corrected chi connectivity index (χ3v) is 5.46. The lowest BCUT2D eigenvalue weighted by Crippen LogP contribution is -2.00. The molecule has 1 heterocycles. The van der Waals surface area contributed by atoms with Crippen molar-refractivity contribution in [2.45, 2.75) is 0 Å². The fraction of sp³-hybridized carbons (Fsp3) is 0.130. The smallest absolute Gasteiger partial charge is 0.161 e. The van der Waals surface area contributed by atoms with Gasteiger partial charge in [-0.1, -0.05) is 23.2 Å². The Kier molecular flexibility index (Phi) is 6.24. The summed E-state index contributed by atoms with van der Waals surface area (Å²) in [6, 6.07) is 15.0. The second-order valence-electron chi connectivity index (χ2n) is 6.66. The second-order valence-corrected chi connectivity index (χ2v) is 7.89. The molecule has 0 aliphatic rings. The highest BCUT2D eigenvalue weighted by molar-refractivity contribution is 6.36. The minimum Gasteiger partial charge on any atom is -0.493 e. The Morgan fingerprint density at radius 1 is 1.06 bits per heavy atom. The van der Waals surface area contributed by atoms with Crippen molar-refractivity contribution in [2.75, 3.05) is 24.9 Å². The van der Waals surface area contributed by atoms with E-state index in [0.717, 1.165) is 16.2 Å². The van der Waals surface area contributed by atoms with Crippen LogP contribution in [0.1, 0.15) is 5.56 Å². The van der Waals surface area contributed by atoms with Gasteiger partial charge < -0.3 is 14.8 Å². The van der Waals surface area contributed by atoms with Crippen molar-refractivity contribution in [1.82, 2.24) is 4.98 Å². The van der Waals surface area contributed by atoms with E-state index in [1.165, 1.54) is 6.20 Å². The lowest BCUT2D eigenvalue weighted by Gasteiger charge is -2.15. The molecule has 31 heavy (non-hydrogen) atoms. The third-order valence-electron chi connectivity index (χ3n) is 4.75. The van der Waals surface area contributed by atoms with E-state index in [-0.39, 0.29) is 0 Å². The number of halogens is 3. The van der Waals surface area contributed by atoms with Crippen LogP contribution in [0.4, 0.5) is 11.4 Å². The number of aromatic nitrogens is 1. The Balaban J connectivity index is 1.90. The van der Waals surface area contributed by atoms with Crippen LogP contribution in [-0.2, 0) is 0 Å². The van der Waals surface area contributed by atoms with Gasteiger partial charge in [0.1, 0.15) is 12.7 Å². The summed E-state index contributed by atoms with van der Waals surface area (Å²) < 4.78 is 11.2. The molecule has 5 nitrogen and oxygen atoms in total. The molecule has 3 aromatic carbocycles. The highest BCUT2D eigenvalue weighted by Gasteiger charge is 2.14. The summed E-state index contributed by atoms with van der Waals surface area (Å²) in [4.78, 5) is 4.47. The Bertz CT molecular complexity index is 1340. The number of anilines is 2. The largest absolute Gasteiger partial charge is 0.493 e. The first kappa shape index (κ1) is 21.3. The van der Waals surface area contributed by atoms with Crippen LogP contribution < -0.4 is 14.8 Å². The predicted molar refractivity (Wildman–Crippen MR) is 126 cm³/mol. The predicted octanol–water partition coefficient (Wildman–Crippen LogP) is 6.94. The average molecular weight is 473 g/mol. The standard InChI is InChI=1S/C23H16Cl3N3O2/c1-30-21-8-13-6-17-20(7-14(13)9-22(21)31-5-4-24)28-12-15(11-27)23(17)29-19-3-2-16(25)10-18(19)26/h2-3,6-10,12H,4-5H2,1H3,(H,28,29). The molecular formula is C23H16Cl3N3O2. The SMILES string of the molecule is COc1cc2cc3c(Nc4ccc(Cl)cc4Cl)c(C#N)cnc3cc2cc1OCCCl. The first-order valence-electron chi connectivity index (χ1n) is 9.29. The number of ether oxygens (including phenoxy) is 2. The van der Waals surface area contributed by atoms with Crippen LogP contribution >= 0.6 is 34.8 Å². The fourth-order valence-corrected chi connectivity index (χ4v) is 3.85. The second kappa shape index (κ2) is 9.07. The van der Waals surface area contributed by atoms with Crippen LogP contribution in [0.2, 0.25) is 10.0 Å². The lowest BCUT2D eigenvalue weighted by atomic mass is 10.0. The topological polar surface area (TPSA) is 67.2 Å². The quantitative estimate of drug-likeness (QED) is 0.243. The highest BCUT2D eigenvalue weighted by Crippen LogP contribution is 2.38. The highest BCUT2D eigenvalue weighted by atomic mass is 35.5. The number of hydrogen-bond donors (Lipinski definition) is 1. The van der Waals surface area contributed by atoms with Gasteiger partial charge in [0.2, 0.25) is 0 Å². The molecule has 0 fully saturated rings.